The standard InChI is InChI=1S/C8H14F6O3Si/c1-6(2,3)17-18(15-4,8(12,13)14)16-5-7(9,10)11/h5H2,1-4H3. The van der Waals surface area contributed by atoms with Crippen LogP contribution in [0.2, 0.25) is 0 Å². The summed E-state index contributed by atoms with van der Waals surface area (Å²) in [7, 11) is -4.82. The molecular formula is C8H14F6O3Si. The van der Waals surface area contributed by atoms with Crippen LogP contribution >= 0.6 is 0 Å². The Bertz CT molecular complexity index is 271. The van der Waals surface area contributed by atoms with Crippen LogP contribution in [0.5, 0.6) is 0 Å². The van der Waals surface area contributed by atoms with Crippen molar-refractivity contribution >= 4 is 8.80 Å². The average molecular weight is 300 g/mol. The summed E-state index contributed by atoms with van der Waals surface area (Å²) in [6, 6.07) is 0. The number of rotatable bonds is 4. The van der Waals surface area contributed by atoms with E-state index in [4.69, 9.17) is 0 Å². The number of alkyl halides is 6. The van der Waals surface area contributed by atoms with Crippen molar-refractivity contribution in [2.24, 2.45) is 0 Å². The van der Waals surface area contributed by atoms with Gasteiger partial charge in [0.2, 0.25) is 0 Å². The maximum Gasteiger partial charge on any atom is 0.616 e. The lowest BCUT2D eigenvalue weighted by Gasteiger charge is -2.35. The molecule has 0 aliphatic rings. The minimum Gasteiger partial charge on any atom is -0.371 e. The molecule has 0 aliphatic carbocycles. The predicted molar refractivity (Wildman–Crippen MR) is 51.7 cm³/mol. The first kappa shape index (κ1) is 17.7. The van der Waals surface area contributed by atoms with Crippen molar-refractivity contribution in [3.05, 3.63) is 0 Å². The van der Waals surface area contributed by atoms with E-state index in [0.29, 0.717) is 7.11 Å². The van der Waals surface area contributed by atoms with Crippen LogP contribution in [0.25, 0.3) is 0 Å². The van der Waals surface area contributed by atoms with Crippen molar-refractivity contribution in [1.29, 1.82) is 0 Å². The largest absolute Gasteiger partial charge is 0.616 e. The van der Waals surface area contributed by atoms with Crippen LogP contribution < -0.4 is 0 Å². The fourth-order valence-electron chi connectivity index (χ4n) is 0.965. The van der Waals surface area contributed by atoms with E-state index in [9.17, 15) is 26.3 Å². The molecular weight excluding hydrogens is 286 g/mol. The van der Waals surface area contributed by atoms with Gasteiger partial charge in [-0.15, -0.1) is 0 Å². The molecule has 18 heavy (non-hydrogen) atoms. The summed E-state index contributed by atoms with van der Waals surface area (Å²) in [5.74, 6) is -5.14. The summed E-state index contributed by atoms with van der Waals surface area (Å²) < 4.78 is 87.0. The molecule has 0 saturated heterocycles. The van der Waals surface area contributed by atoms with Crippen LogP contribution in [0.15, 0.2) is 0 Å². The summed E-state index contributed by atoms with van der Waals surface area (Å²) in [6.45, 7) is 1.70. The quantitative estimate of drug-likeness (QED) is 0.590. The van der Waals surface area contributed by atoms with E-state index in [0.717, 1.165) is 0 Å². The maximum absolute atomic E-state index is 12.8. The van der Waals surface area contributed by atoms with Gasteiger partial charge in [0.25, 0.3) is 0 Å². The molecule has 3 nitrogen and oxygen atoms in total. The van der Waals surface area contributed by atoms with Gasteiger partial charge in [-0.25, -0.2) is 0 Å². The van der Waals surface area contributed by atoms with Crippen molar-refractivity contribution in [3.8, 4) is 0 Å². The van der Waals surface area contributed by atoms with Crippen LogP contribution in [0, 0.1) is 0 Å². The Labute approximate surface area is 101 Å². The second kappa shape index (κ2) is 5.35. The summed E-state index contributed by atoms with van der Waals surface area (Å²) in [5.41, 5.74) is -1.36. The molecule has 0 aromatic heterocycles. The lowest BCUT2D eigenvalue weighted by Crippen LogP contribution is -2.62. The highest BCUT2D eigenvalue weighted by Crippen LogP contribution is 2.35. The van der Waals surface area contributed by atoms with E-state index < -0.39 is 33.0 Å². The Morgan fingerprint density at radius 1 is 0.944 bits per heavy atom. The van der Waals surface area contributed by atoms with Gasteiger partial charge in [0.15, 0.2) is 0 Å². The molecule has 1 atom stereocenters. The highest BCUT2D eigenvalue weighted by atomic mass is 28.4. The van der Waals surface area contributed by atoms with Crippen molar-refractivity contribution < 1.29 is 39.6 Å². The van der Waals surface area contributed by atoms with Crippen molar-refractivity contribution in [2.75, 3.05) is 13.7 Å². The van der Waals surface area contributed by atoms with Crippen LogP contribution in [-0.4, -0.2) is 40.1 Å². The van der Waals surface area contributed by atoms with E-state index in [1.165, 1.54) is 20.8 Å². The molecule has 0 aromatic rings. The van der Waals surface area contributed by atoms with Gasteiger partial charge in [-0.1, -0.05) is 0 Å². The summed E-state index contributed by atoms with van der Waals surface area (Å²) in [5, 5.41) is 0. The number of hydrogen-bond donors (Lipinski definition) is 0. The second-order valence-corrected chi connectivity index (χ2v) is 6.96. The summed E-state index contributed by atoms with van der Waals surface area (Å²) >= 11 is 0. The average Bonchev–Trinajstić information content (AvgIpc) is 2.07. The Kier molecular flexibility index (Phi) is 5.25. The van der Waals surface area contributed by atoms with E-state index in [1.54, 1.807) is 0 Å². The molecule has 0 heterocycles. The van der Waals surface area contributed by atoms with Crippen molar-refractivity contribution in [3.63, 3.8) is 0 Å². The first-order valence-electron chi connectivity index (χ1n) is 4.75. The normalized spacial score (nSPS) is 17.7. The molecule has 110 valence electrons. The minimum absolute atomic E-state index is 0.613. The zero-order chi connectivity index (χ0) is 14.8. The van der Waals surface area contributed by atoms with E-state index in [1.807, 2.05) is 0 Å². The molecule has 0 rings (SSSR count). The highest BCUT2D eigenvalue weighted by Gasteiger charge is 2.68. The zero-order valence-corrected chi connectivity index (χ0v) is 11.2. The molecule has 10 heteroatoms. The summed E-state index contributed by atoms with van der Waals surface area (Å²) in [4.78, 5) is 0. The third-order valence-corrected chi connectivity index (χ3v) is 4.12. The first-order chi connectivity index (χ1) is 7.72. The van der Waals surface area contributed by atoms with E-state index >= 15 is 0 Å². The molecule has 1 unspecified atom stereocenters. The maximum atomic E-state index is 12.8. The molecule has 0 amide bonds. The third kappa shape index (κ3) is 5.55. The van der Waals surface area contributed by atoms with Gasteiger partial charge in [-0.05, 0) is 20.8 Å². The molecule has 0 aromatic carbocycles. The van der Waals surface area contributed by atoms with Crippen LogP contribution in [0.3, 0.4) is 0 Å². The topological polar surface area (TPSA) is 27.7 Å². The van der Waals surface area contributed by atoms with Crippen molar-refractivity contribution in [1.82, 2.24) is 0 Å². The Morgan fingerprint density at radius 2 is 1.39 bits per heavy atom. The smallest absolute Gasteiger partial charge is 0.371 e. The molecule has 0 fully saturated rings. The second-order valence-electron chi connectivity index (χ2n) is 4.38. The number of halogens is 6. The highest BCUT2D eigenvalue weighted by molar-refractivity contribution is 6.63. The zero-order valence-electron chi connectivity index (χ0n) is 10.2. The van der Waals surface area contributed by atoms with Gasteiger partial charge in [0, 0.05) is 7.11 Å². The third-order valence-electron chi connectivity index (χ3n) is 1.48. The minimum atomic E-state index is -5.44. The monoisotopic (exact) mass is 300 g/mol. The lowest BCUT2D eigenvalue weighted by molar-refractivity contribution is -0.192. The van der Waals surface area contributed by atoms with Gasteiger partial charge in [-0.3, -0.25) is 0 Å². The predicted octanol–water partition coefficient (Wildman–Crippen LogP) is 3.07. The Hall–Kier alpha value is -0.323. The summed E-state index contributed by atoms with van der Waals surface area (Å²) in [6.07, 6.45) is -4.90. The van der Waals surface area contributed by atoms with Gasteiger partial charge < -0.3 is 13.3 Å². The Morgan fingerprint density at radius 3 is 1.61 bits per heavy atom. The lowest BCUT2D eigenvalue weighted by atomic mass is 10.2. The molecule has 0 radical (unpaired) electrons. The molecule has 0 aliphatic heterocycles. The van der Waals surface area contributed by atoms with Crippen molar-refractivity contribution in [2.45, 2.75) is 38.3 Å². The Balaban J connectivity index is 5.14. The number of hydrogen-bond acceptors (Lipinski definition) is 3. The van der Waals surface area contributed by atoms with Gasteiger partial charge in [0.05, 0.1) is 5.60 Å². The fraction of sp³-hybridized carbons (Fsp3) is 1.00. The molecule has 0 bridgehead atoms. The molecule has 0 saturated carbocycles. The van der Waals surface area contributed by atoms with E-state index in [2.05, 4.69) is 13.3 Å². The van der Waals surface area contributed by atoms with E-state index in [-0.39, 0.29) is 0 Å². The van der Waals surface area contributed by atoms with Crippen LogP contribution in [-0.2, 0) is 13.3 Å². The SMILES string of the molecule is CO[Si](OCC(F)(F)F)(OC(C)(C)C)C(F)(F)F. The first-order valence-corrected chi connectivity index (χ1v) is 6.48. The van der Waals surface area contributed by atoms with Crippen LogP contribution in [0.4, 0.5) is 26.3 Å². The fourth-order valence-corrected chi connectivity index (χ4v) is 2.90. The molecule has 0 spiro atoms. The van der Waals surface area contributed by atoms with Gasteiger partial charge in [-0.2, -0.15) is 26.3 Å². The molecule has 0 N–H and O–H groups in total. The van der Waals surface area contributed by atoms with Crippen LogP contribution in [0.1, 0.15) is 20.8 Å². The van der Waals surface area contributed by atoms with Gasteiger partial charge in [0.1, 0.15) is 6.61 Å². The van der Waals surface area contributed by atoms with Gasteiger partial charge >= 0.3 is 20.8 Å².